The first kappa shape index (κ1) is 3.60. The van der Waals surface area contributed by atoms with Crippen LogP contribution < -0.4 is 5.84 Å². The summed E-state index contributed by atoms with van der Waals surface area (Å²) < 4.78 is 0. The van der Waals surface area contributed by atoms with Crippen molar-refractivity contribution in [2.75, 3.05) is 0 Å². The van der Waals surface area contributed by atoms with E-state index in [1.165, 1.54) is 0 Å². The van der Waals surface area contributed by atoms with E-state index in [1.807, 2.05) is 5.16 Å². The average molecular weight is 74.1 g/mol. The molecule has 0 fully saturated rings. The zero-order valence-corrected chi connectivity index (χ0v) is 2.75. The third-order valence-electron chi connectivity index (χ3n) is 0.0527. The van der Waals surface area contributed by atoms with Crippen molar-refractivity contribution in [3.05, 3.63) is 0 Å². The van der Waals surface area contributed by atoms with Crippen LogP contribution in [0.2, 0.25) is 0 Å². The van der Waals surface area contributed by atoms with Gasteiger partial charge in [-0.3, -0.25) is 0 Å². The Balaban J connectivity index is 3.11. The van der Waals surface area contributed by atoms with Gasteiger partial charge in [0.2, 0.25) is 0 Å². The molecule has 0 bridgehead atoms. The van der Waals surface area contributed by atoms with Gasteiger partial charge >= 0.3 is 0 Å². The maximum absolute atomic E-state index is 4.44. The smallest absolute Gasteiger partial charge is 0.0841 e. The lowest BCUT2D eigenvalue weighted by Crippen LogP contribution is -1.70. The van der Waals surface area contributed by atoms with Gasteiger partial charge in [-0.25, -0.2) is 0 Å². The van der Waals surface area contributed by atoms with Gasteiger partial charge in [-0.1, -0.05) is 0 Å². The second-order valence-corrected chi connectivity index (χ2v) is 0.403. The molecular weight excluding hydrogens is 72.1 g/mol. The molecule has 0 heterocycles. The Morgan fingerprint density at radius 3 is 2.25 bits per heavy atom. The van der Waals surface area contributed by atoms with Gasteiger partial charge in [-0.2, -0.15) is 0 Å². The highest BCUT2D eigenvalue weighted by molar-refractivity contribution is 7.78. The summed E-state index contributed by atoms with van der Waals surface area (Å²) in [6.45, 7) is 0. The molecule has 22 valence electrons. The Morgan fingerprint density at radius 1 is 2.00 bits per heavy atom. The summed E-state index contributed by atoms with van der Waals surface area (Å²) in [5.74, 6) is 4.44. The van der Waals surface area contributed by atoms with Crippen LogP contribution in [0.1, 0.15) is 0 Å². The minimum atomic E-state index is 1.92. The van der Waals surface area contributed by atoms with Crippen molar-refractivity contribution in [3.63, 3.8) is 0 Å². The first-order chi connectivity index (χ1) is 1.91. The molecular formula is CH2N2S. The molecule has 0 aliphatic heterocycles. The average Bonchev–Trinajstić information content (AvgIpc) is 1.37. The Morgan fingerprint density at radius 2 is 2.25 bits per heavy atom. The second kappa shape index (κ2) is 2.60. The molecule has 0 amide bonds. The number of hydrogen-bond acceptors (Lipinski definition) is 3. The zero-order valence-electron chi connectivity index (χ0n) is 1.93. The lowest BCUT2D eigenvalue weighted by Gasteiger charge is -1.44. The fourth-order valence-corrected chi connectivity index (χ4v) is 0. The summed E-state index contributed by atoms with van der Waals surface area (Å²) in [6, 6.07) is 0. The lowest BCUT2D eigenvalue weighted by molar-refractivity contribution is 1.28. The fraction of sp³-hybridized carbons (Fsp3) is 0. The third-order valence-corrected chi connectivity index (χ3v) is 0.158. The Bertz CT molecular complexity index is 44.0. The first-order valence-electron chi connectivity index (χ1n) is 0.686. The zero-order chi connectivity index (χ0) is 3.41. The van der Waals surface area contributed by atoms with Crippen molar-refractivity contribution >= 4 is 17.4 Å². The molecule has 0 aromatic heterocycles. The van der Waals surface area contributed by atoms with Crippen molar-refractivity contribution in [2.24, 2.45) is 10.9 Å². The van der Waals surface area contributed by atoms with Crippen LogP contribution in [0.5, 0.6) is 0 Å². The highest BCUT2D eigenvalue weighted by Gasteiger charge is 1.22. The van der Waals surface area contributed by atoms with E-state index in [2.05, 4.69) is 23.2 Å². The van der Waals surface area contributed by atoms with Crippen LogP contribution in [0.15, 0.2) is 5.10 Å². The van der Waals surface area contributed by atoms with Gasteiger partial charge in [-0.05, 0) is 12.2 Å². The van der Waals surface area contributed by atoms with Crippen LogP contribution in [0.4, 0.5) is 0 Å². The largest absolute Gasteiger partial charge is 0.314 e. The van der Waals surface area contributed by atoms with Crippen LogP contribution in [-0.4, -0.2) is 5.16 Å². The van der Waals surface area contributed by atoms with Gasteiger partial charge in [0.05, 0.1) is 5.16 Å². The summed E-state index contributed by atoms with van der Waals surface area (Å²) in [5.41, 5.74) is 0. The highest BCUT2D eigenvalue weighted by atomic mass is 32.1. The number of rotatable bonds is 0. The maximum Gasteiger partial charge on any atom is 0.0841 e. The van der Waals surface area contributed by atoms with Gasteiger partial charge in [0.25, 0.3) is 0 Å². The third kappa shape index (κ3) is 1.60. The quantitative estimate of drug-likeness (QED) is 0.189. The van der Waals surface area contributed by atoms with Crippen LogP contribution in [0, 0.1) is 0 Å². The molecule has 0 spiro atoms. The Hall–Kier alpha value is -0.400. The molecule has 0 aromatic rings. The van der Waals surface area contributed by atoms with Crippen LogP contribution in [0.3, 0.4) is 0 Å². The molecule has 2 N–H and O–H groups in total. The number of hydrogen-bond donors (Lipinski definition) is 1. The van der Waals surface area contributed by atoms with Crippen molar-refractivity contribution < 1.29 is 0 Å². The number of nitrogens with two attached hydrogens (primary N) is 1. The summed E-state index contributed by atoms with van der Waals surface area (Å²) in [4.78, 5) is 0. The molecule has 0 rings (SSSR count). The van der Waals surface area contributed by atoms with Crippen LogP contribution in [0.25, 0.3) is 0 Å². The van der Waals surface area contributed by atoms with E-state index in [-0.39, 0.29) is 0 Å². The number of nitrogens with zero attached hydrogens (tertiary/aromatic N) is 1. The highest BCUT2D eigenvalue weighted by Crippen LogP contribution is 1.28. The van der Waals surface area contributed by atoms with Crippen molar-refractivity contribution in [1.29, 1.82) is 0 Å². The monoisotopic (exact) mass is 74.0 g/mol. The van der Waals surface area contributed by atoms with E-state index in [1.54, 1.807) is 0 Å². The van der Waals surface area contributed by atoms with Gasteiger partial charge in [0, 0.05) is 0 Å². The topological polar surface area (TPSA) is 38.4 Å². The summed E-state index contributed by atoms with van der Waals surface area (Å²) in [5, 5.41) is 4.72. The van der Waals surface area contributed by atoms with Crippen molar-refractivity contribution in [3.8, 4) is 0 Å². The van der Waals surface area contributed by atoms with E-state index < -0.39 is 0 Å². The number of isothiocyanates is 1. The van der Waals surface area contributed by atoms with E-state index in [9.17, 15) is 0 Å². The number of hydrazone groups is 1. The Kier molecular flexibility index (Phi) is 2.34. The normalized spacial score (nSPS) is 4.00. The van der Waals surface area contributed by atoms with Gasteiger partial charge in [0.1, 0.15) is 0 Å². The molecule has 2 nitrogen and oxygen atoms in total. The minimum absolute atomic E-state index is 1.92. The summed E-state index contributed by atoms with van der Waals surface area (Å²) in [7, 11) is 0. The van der Waals surface area contributed by atoms with Crippen LogP contribution in [-0.2, 0) is 0 Å². The van der Waals surface area contributed by atoms with Gasteiger partial charge < -0.3 is 5.84 Å². The number of thiocarbonyl (C=S) groups is 1. The second-order valence-electron chi connectivity index (χ2n) is 0.220. The minimum Gasteiger partial charge on any atom is -0.314 e. The summed E-state index contributed by atoms with van der Waals surface area (Å²) >= 11 is 4.01. The molecule has 4 heavy (non-hydrogen) atoms. The van der Waals surface area contributed by atoms with Crippen molar-refractivity contribution in [2.45, 2.75) is 0 Å². The van der Waals surface area contributed by atoms with Crippen LogP contribution >= 0.6 is 12.2 Å². The van der Waals surface area contributed by atoms with Crippen molar-refractivity contribution in [1.82, 2.24) is 0 Å². The Labute approximate surface area is 29.3 Å². The molecule has 0 aromatic carbocycles. The van der Waals surface area contributed by atoms with Gasteiger partial charge in [0.15, 0.2) is 0 Å². The van der Waals surface area contributed by atoms with Gasteiger partial charge in [-0.15, -0.1) is 5.10 Å². The molecule has 0 saturated heterocycles. The predicted octanol–water partition coefficient (Wildman–Crippen LogP) is -0.0371. The predicted molar refractivity (Wildman–Crippen MR) is 19.2 cm³/mol. The van der Waals surface area contributed by atoms with E-state index >= 15 is 0 Å². The lowest BCUT2D eigenvalue weighted by atomic mass is 11.7. The molecule has 0 aliphatic carbocycles. The summed E-state index contributed by atoms with van der Waals surface area (Å²) in [6.07, 6.45) is 0. The van der Waals surface area contributed by atoms with E-state index in [0.29, 0.717) is 0 Å². The molecule has 0 radical (unpaired) electrons. The molecule has 0 atom stereocenters. The maximum atomic E-state index is 4.44. The molecule has 3 heteroatoms. The standard InChI is InChI=1S/CH2N2S/c2-3-1-4/h2H2. The SMILES string of the molecule is NN=C=S. The molecule has 0 aliphatic rings. The van der Waals surface area contributed by atoms with E-state index in [0.717, 1.165) is 0 Å². The molecule has 0 unspecified atom stereocenters. The van der Waals surface area contributed by atoms with E-state index in [4.69, 9.17) is 0 Å². The fourth-order valence-electron chi connectivity index (χ4n) is 0. The first-order valence-corrected chi connectivity index (χ1v) is 1.09. The molecule has 0 saturated carbocycles.